The summed E-state index contributed by atoms with van der Waals surface area (Å²) in [5.74, 6) is 1.32. The largest absolute Gasteiger partial charge is 0.370 e. The van der Waals surface area contributed by atoms with E-state index in [1.165, 1.54) is 36.9 Å². The molecule has 1 fully saturated rings. The summed E-state index contributed by atoms with van der Waals surface area (Å²) >= 11 is 6.00. The van der Waals surface area contributed by atoms with E-state index in [2.05, 4.69) is 23.9 Å². The van der Waals surface area contributed by atoms with E-state index in [-0.39, 0.29) is 0 Å². The molecular formula is C14H21ClN2. The van der Waals surface area contributed by atoms with E-state index in [0.717, 1.165) is 5.92 Å². The molecule has 0 amide bonds. The first-order valence-corrected chi connectivity index (χ1v) is 6.99. The highest BCUT2D eigenvalue weighted by molar-refractivity contribution is 6.17. The molecule has 2 unspecified atom stereocenters. The van der Waals surface area contributed by atoms with Gasteiger partial charge in [0.2, 0.25) is 0 Å². The van der Waals surface area contributed by atoms with Crippen LogP contribution in [0.5, 0.6) is 0 Å². The summed E-state index contributed by atoms with van der Waals surface area (Å²) in [6, 6.07) is 2.65. The van der Waals surface area contributed by atoms with E-state index in [9.17, 15) is 0 Å². The van der Waals surface area contributed by atoms with Crippen molar-refractivity contribution in [2.24, 2.45) is 5.92 Å². The summed E-state index contributed by atoms with van der Waals surface area (Å²) in [4.78, 5) is 6.62. The van der Waals surface area contributed by atoms with Gasteiger partial charge in [0, 0.05) is 25.2 Å². The van der Waals surface area contributed by atoms with Crippen LogP contribution in [-0.4, -0.2) is 18.1 Å². The minimum Gasteiger partial charge on any atom is -0.370 e. The van der Waals surface area contributed by atoms with Crippen LogP contribution in [-0.2, 0) is 5.88 Å². The van der Waals surface area contributed by atoms with E-state index in [0.29, 0.717) is 11.9 Å². The molecule has 0 spiro atoms. The fourth-order valence-corrected chi connectivity index (χ4v) is 3.12. The van der Waals surface area contributed by atoms with Crippen molar-refractivity contribution in [3.63, 3.8) is 0 Å². The second-order valence-electron chi connectivity index (χ2n) is 5.08. The van der Waals surface area contributed by atoms with Crippen LogP contribution in [0.2, 0.25) is 0 Å². The number of pyridine rings is 1. The molecule has 1 aromatic heterocycles. The third-order valence-electron chi connectivity index (χ3n) is 3.98. The molecule has 0 N–H and O–H groups in total. The summed E-state index contributed by atoms with van der Waals surface area (Å²) in [6.07, 6.45) is 9.11. The van der Waals surface area contributed by atoms with Crippen LogP contribution in [0.15, 0.2) is 18.5 Å². The SMILES string of the molecule is CC1CCCCC1N(C)c1cnccc1CCl. The van der Waals surface area contributed by atoms with Crippen molar-refractivity contribution in [3.05, 3.63) is 24.0 Å². The Morgan fingerprint density at radius 3 is 2.88 bits per heavy atom. The van der Waals surface area contributed by atoms with Crippen LogP contribution < -0.4 is 4.90 Å². The smallest absolute Gasteiger partial charge is 0.0597 e. The van der Waals surface area contributed by atoms with Crippen molar-refractivity contribution in [1.82, 2.24) is 4.98 Å². The zero-order valence-electron chi connectivity index (χ0n) is 10.7. The fourth-order valence-electron chi connectivity index (χ4n) is 2.90. The molecule has 3 heteroatoms. The van der Waals surface area contributed by atoms with E-state index >= 15 is 0 Å². The maximum absolute atomic E-state index is 6.00. The Balaban J connectivity index is 2.20. The van der Waals surface area contributed by atoms with Gasteiger partial charge in [-0.05, 0) is 30.4 Å². The maximum atomic E-state index is 6.00. The van der Waals surface area contributed by atoms with Crippen molar-refractivity contribution in [2.45, 2.75) is 44.5 Å². The van der Waals surface area contributed by atoms with Crippen molar-refractivity contribution in [2.75, 3.05) is 11.9 Å². The van der Waals surface area contributed by atoms with Gasteiger partial charge in [-0.25, -0.2) is 0 Å². The standard InChI is InChI=1S/C14H21ClN2/c1-11-5-3-4-6-13(11)17(2)14-10-16-8-7-12(14)9-15/h7-8,10-11,13H,3-6,9H2,1-2H3. The molecule has 2 atom stereocenters. The van der Waals surface area contributed by atoms with Crippen LogP contribution >= 0.6 is 11.6 Å². The molecule has 0 saturated heterocycles. The molecular weight excluding hydrogens is 232 g/mol. The van der Waals surface area contributed by atoms with Gasteiger partial charge in [0.1, 0.15) is 0 Å². The molecule has 1 aliphatic rings. The van der Waals surface area contributed by atoms with Crippen molar-refractivity contribution in [3.8, 4) is 0 Å². The van der Waals surface area contributed by atoms with Gasteiger partial charge in [0.05, 0.1) is 11.9 Å². The van der Waals surface area contributed by atoms with Gasteiger partial charge in [0.15, 0.2) is 0 Å². The number of halogens is 1. The molecule has 0 aliphatic heterocycles. The summed E-state index contributed by atoms with van der Waals surface area (Å²) < 4.78 is 0. The van der Waals surface area contributed by atoms with E-state index in [4.69, 9.17) is 11.6 Å². The van der Waals surface area contributed by atoms with Gasteiger partial charge < -0.3 is 4.90 Å². The van der Waals surface area contributed by atoms with Crippen LogP contribution in [0.4, 0.5) is 5.69 Å². The second kappa shape index (κ2) is 5.72. The Morgan fingerprint density at radius 2 is 2.18 bits per heavy atom. The molecule has 1 heterocycles. The number of alkyl halides is 1. The second-order valence-corrected chi connectivity index (χ2v) is 5.35. The first kappa shape index (κ1) is 12.7. The minimum absolute atomic E-state index is 0.559. The van der Waals surface area contributed by atoms with Gasteiger partial charge in [-0.1, -0.05) is 19.8 Å². The molecule has 1 saturated carbocycles. The Kier molecular flexibility index (Phi) is 4.27. The van der Waals surface area contributed by atoms with Crippen molar-refractivity contribution >= 4 is 17.3 Å². The molecule has 0 bridgehead atoms. The molecule has 1 aliphatic carbocycles. The zero-order valence-corrected chi connectivity index (χ0v) is 11.5. The third-order valence-corrected chi connectivity index (χ3v) is 4.26. The monoisotopic (exact) mass is 252 g/mol. The number of anilines is 1. The van der Waals surface area contributed by atoms with Crippen LogP contribution in [0, 0.1) is 5.92 Å². The molecule has 2 rings (SSSR count). The van der Waals surface area contributed by atoms with Gasteiger partial charge in [-0.2, -0.15) is 0 Å². The zero-order chi connectivity index (χ0) is 12.3. The number of aromatic nitrogens is 1. The number of hydrogen-bond acceptors (Lipinski definition) is 2. The Hall–Kier alpha value is -0.760. The number of nitrogens with zero attached hydrogens (tertiary/aromatic N) is 2. The lowest BCUT2D eigenvalue weighted by Crippen LogP contribution is -2.39. The van der Waals surface area contributed by atoms with Gasteiger partial charge >= 0.3 is 0 Å². The van der Waals surface area contributed by atoms with E-state index < -0.39 is 0 Å². The highest BCUT2D eigenvalue weighted by Gasteiger charge is 2.26. The van der Waals surface area contributed by atoms with E-state index in [1.54, 1.807) is 0 Å². The van der Waals surface area contributed by atoms with Crippen LogP contribution in [0.1, 0.15) is 38.2 Å². The van der Waals surface area contributed by atoms with Crippen LogP contribution in [0.25, 0.3) is 0 Å². The molecule has 0 radical (unpaired) electrons. The van der Waals surface area contributed by atoms with Gasteiger partial charge in [-0.15, -0.1) is 11.6 Å². The summed E-state index contributed by atoms with van der Waals surface area (Å²) in [7, 11) is 2.18. The fraction of sp³-hybridized carbons (Fsp3) is 0.643. The third kappa shape index (κ3) is 2.74. The highest BCUT2D eigenvalue weighted by atomic mass is 35.5. The lowest BCUT2D eigenvalue weighted by molar-refractivity contribution is 0.321. The maximum Gasteiger partial charge on any atom is 0.0597 e. The number of hydrogen-bond donors (Lipinski definition) is 0. The first-order valence-electron chi connectivity index (χ1n) is 6.45. The average molecular weight is 253 g/mol. The Morgan fingerprint density at radius 1 is 1.41 bits per heavy atom. The first-order chi connectivity index (χ1) is 8.24. The summed E-state index contributed by atoms with van der Waals surface area (Å²) in [6.45, 7) is 2.36. The van der Waals surface area contributed by atoms with Gasteiger partial charge in [-0.3, -0.25) is 4.98 Å². The normalized spacial score (nSPS) is 24.6. The Labute approximate surface area is 109 Å². The van der Waals surface area contributed by atoms with Gasteiger partial charge in [0.25, 0.3) is 0 Å². The van der Waals surface area contributed by atoms with E-state index in [1.807, 2.05) is 18.5 Å². The van der Waals surface area contributed by atoms with Crippen LogP contribution in [0.3, 0.4) is 0 Å². The van der Waals surface area contributed by atoms with Crippen molar-refractivity contribution < 1.29 is 0 Å². The quantitative estimate of drug-likeness (QED) is 0.760. The molecule has 94 valence electrons. The topological polar surface area (TPSA) is 16.1 Å². The predicted octanol–water partition coefficient (Wildman–Crippen LogP) is 3.84. The minimum atomic E-state index is 0.559. The molecule has 1 aromatic rings. The van der Waals surface area contributed by atoms with Crippen molar-refractivity contribution in [1.29, 1.82) is 0 Å². The molecule has 17 heavy (non-hydrogen) atoms. The predicted molar refractivity (Wildman–Crippen MR) is 73.6 cm³/mol. The average Bonchev–Trinajstić information content (AvgIpc) is 2.38. The molecule has 0 aromatic carbocycles. The highest BCUT2D eigenvalue weighted by Crippen LogP contribution is 2.31. The number of rotatable bonds is 3. The molecule has 2 nitrogen and oxygen atoms in total. The Bertz CT molecular complexity index is 367. The lowest BCUT2D eigenvalue weighted by Gasteiger charge is -2.38. The summed E-state index contributed by atoms with van der Waals surface area (Å²) in [5, 5.41) is 0. The summed E-state index contributed by atoms with van der Waals surface area (Å²) in [5.41, 5.74) is 2.38. The lowest BCUT2D eigenvalue weighted by atomic mass is 9.85.